The van der Waals surface area contributed by atoms with Crippen molar-refractivity contribution in [2.45, 2.75) is 18.7 Å². The van der Waals surface area contributed by atoms with Crippen molar-refractivity contribution in [2.75, 3.05) is 26.7 Å². The van der Waals surface area contributed by atoms with Gasteiger partial charge >= 0.3 is 6.18 Å². The summed E-state index contributed by atoms with van der Waals surface area (Å²) in [6, 6.07) is 2.07. The summed E-state index contributed by atoms with van der Waals surface area (Å²) in [5, 5.41) is 0. The summed E-state index contributed by atoms with van der Waals surface area (Å²) >= 11 is 0. The number of carbonyl (C=O) groups excluding carboxylic acids is 2. The van der Waals surface area contributed by atoms with Gasteiger partial charge in [0.15, 0.2) is 0 Å². The summed E-state index contributed by atoms with van der Waals surface area (Å²) in [4.78, 5) is 30.4. The maximum atomic E-state index is 12.5. The zero-order chi connectivity index (χ0) is 17.5. The van der Waals surface area contributed by atoms with Gasteiger partial charge in [0.05, 0.1) is 24.6 Å². The van der Waals surface area contributed by atoms with Crippen molar-refractivity contribution in [1.29, 1.82) is 0 Å². The zero-order valence-electron chi connectivity index (χ0n) is 12.9. The third-order valence-corrected chi connectivity index (χ3v) is 4.20. The third kappa shape index (κ3) is 3.29. The molecule has 0 aliphatic carbocycles. The van der Waals surface area contributed by atoms with Crippen LogP contribution in [-0.2, 0) is 15.8 Å². The quantitative estimate of drug-likeness (QED) is 0.827. The highest BCUT2D eigenvalue weighted by Crippen LogP contribution is 2.29. The lowest BCUT2D eigenvalue weighted by Crippen LogP contribution is -2.57. The Bertz CT molecular complexity index is 642. The molecule has 3 heterocycles. The number of alkyl halides is 3. The lowest BCUT2D eigenvalue weighted by molar-refractivity contribution is -0.144. The van der Waals surface area contributed by atoms with Crippen molar-refractivity contribution in [2.24, 2.45) is 5.92 Å². The van der Waals surface area contributed by atoms with E-state index in [2.05, 4.69) is 4.98 Å². The van der Waals surface area contributed by atoms with Gasteiger partial charge in [-0.25, -0.2) is 4.98 Å². The van der Waals surface area contributed by atoms with Crippen molar-refractivity contribution in [3.8, 4) is 5.88 Å². The van der Waals surface area contributed by atoms with Crippen molar-refractivity contribution >= 4 is 11.8 Å². The van der Waals surface area contributed by atoms with E-state index < -0.39 is 11.7 Å². The van der Waals surface area contributed by atoms with Crippen LogP contribution in [0.3, 0.4) is 0 Å². The topological polar surface area (TPSA) is 62.7 Å². The van der Waals surface area contributed by atoms with Gasteiger partial charge in [0.25, 0.3) is 0 Å². The van der Waals surface area contributed by atoms with Crippen LogP contribution in [0.25, 0.3) is 0 Å². The second-order valence-corrected chi connectivity index (χ2v) is 6.04. The van der Waals surface area contributed by atoms with Gasteiger partial charge in [0.2, 0.25) is 17.7 Å². The Morgan fingerprint density at radius 1 is 1.29 bits per heavy atom. The first-order chi connectivity index (χ1) is 11.2. The lowest BCUT2D eigenvalue weighted by atomic mass is 10.0. The molecule has 1 aromatic heterocycles. The molecule has 2 aliphatic rings. The van der Waals surface area contributed by atoms with E-state index in [0.29, 0.717) is 19.6 Å². The lowest BCUT2D eigenvalue weighted by Gasteiger charge is -2.39. The number of aromatic nitrogens is 1. The van der Waals surface area contributed by atoms with Crippen LogP contribution in [0.1, 0.15) is 12.0 Å². The van der Waals surface area contributed by atoms with E-state index in [-0.39, 0.29) is 36.1 Å². The highest BCUT2D eigenvalue weighted by Gasteiger charge is 2.40. The van der Waals surface area contributed by atoms with Gasteiger partial charge < -0.3 is 14.5 Å². The third-order valence-electron chi connectivity index (χ3n) is 4.20. The average molecular weight is 343 g/mol. The number of likely N-dealkylation sites (tertiary alicyclic amines) is 2. The second-order valence-electron chi connectivity index (χ2n) is 6.04. The molecule has 1 aromatic rings. The molecule has 3 rings (SSSR count). The summed E-state index contributed by atoms with van der Waals surface area (Å²) in [6.07, 6.45) is -3.79. The fourth-order valence-electron chi connectivity index (χ4n) is 2.77. The van der Waals surface area contributed by atoms with Crippen molar-refractivity contribution in [1.82, 2.24) is 14.8 Å². The first-order valence-corrected chi connectivity index (χ1v) is 7.46. The molecule has 1 unspecified atom stereocenters. The van der Waals surface area contributed by atoms with Gasteiger partial charge in [0.1, 0.15) is 6.10 Å². The first kappa shape index (κ1) is 16.5. The van der Waals surface area contributed by atoms with Crippen LogP contribution in [0.15, 0.2) is 18.3 Å². The number of carbonyl (C=O) groups is 2. The van der Waals surface area contributed by atoms with Crippen LogP contribution in [-0.4, -0.2) is 59.4 Å². The normalized spacial score (nSPS) is 21.8. The monoisotopic (exact) mass is 343 g/mol. The molecule has 0 radical (unpaired) electrons. The molecule has 0 saturated carbocycles. The second kappa shape index (κ2) is 5.95. The molecule has 1 atom stereocenters. The zero-order valence-corrected chi connectivity index (χ0v) is 12.9. The van der Waals surface area contributed by atoms with E-state index in [1.54, 1.807) is 11.9 Å². The molecule has 0 spiro atoms. The van der Waals surface area contributed by atoms with Crippen LogP contribution in [0, 0.1) is 5.92 Å². The Hall–Kier alpha value is -2.32. The fraction of sp³-hybridized carbons (Fsp3) is 0.533. The molecular weight excluding hydrogens is 327 g/mol. The van der Waals surface area contributed by atoms with E-state index in [1.165, 1.54) is 4.90 Å². The Labute approximate surface area is 136 Å². The molecule has 2 saturated heterocycles. The number of pyridine rings is 1. The summed E-state index contributed by atoms with van der Waals surface area (Å²) in [6.45, 7) is 1.10. The molecule has 2 amide bonds. The number of halogens is 3. The number of hydrogen-bond acceptors (Lipinski definition) is 4. The molecular formula is C15H16F3N3O3. The number of amides is 2. The number of rotatable bonds is 3. The molecule has 0 aromatic carbocycles. The van der Waals surface area contributed by atoms with E-state index in [0.717, 1.165) is 18.3 Å². The van der Waals surface area contributed by atoms with Crippen molar-refractivity contribution in [3.05, 3.63) is 23.9 Å². The maximum absolute atomic E-state index is 12.5. The highest BCUT2D eigenvalue weighted by molar-refractivity contribution is 5.89. The van der Waals surface area contributed by atoms with Crippen LogP contribution in [0.2, 0.25) is 0 Å². The van der Waals surface area contributed by atoms with Gasteiger partial charge in [-0.1, -0.05) is 0 Å². The Morgan fingerprint density at radius 3 is 2.50 bits per heavy atom. The predicted molar refractivity (Wildman–Crippen MR) is 76.0 cm³/mol. The molecule has 2 fully saturated rings. The molecule has 6 nitrogen and oxygen atoms in total. The van der Waals surface area contributed by atoms with Crippen molar-refractivity contribution in [3.63, 3.8) is 0 Å². The molecule has 130 valence electrons. The maximum Gasteiger partial charge on any atom is 0.417 e. The van der Waals surface area contributed by atoms with E-state index in [9.17, 15) is 22.8 Å². The van der Waals surface area contributed by atoms with Gasteiger partial charge in [-0.15, -0.1) is 0 Å². The minimum Gasteiger partial charge on any atom is -0.471 e. The molecule has 0 N–H and O–H groups in total. The van der Waals surface area contributed by atoms with Crippen LogP contribution >= 0.6 is 0 Å². The van der Waals surface area contributed by atoms with Gasteiger partial charge in [0, 0.05) is 32.3 Å². The largest absolute Gasteiger partial charge is 0.471 e. The Balaban J connectivity index is 1.49. The van der Waals surface area contributed by atoms with E-state index >= 15 is 0 Å². The summed E-state index contributed by atoms with van der Waals surface area (Å²) < 4.78 is 42.8. The van der Waals surface area contributed by atoms with Crippen LogP contribution in [0.4, 0.5) is 13.2 Å². The highest BCUT2D eigenvalue weighted by atomic mass is 19.4. The predicted octanol–water partition coefficient (Wildman–Crippen LogP) is 1.17. The molecule has 2 aliphatic heterocycles. The summed E-state index contributed by atoms with van der Waals surface area (Å²) in [5.41, 5.74) is -0.838. The van der Waals surface area contributed by atoms with Gasteiger partial charge in [-0.3, -0.25) is 9.59 Å². The van der Waals surface area contributed by atoms with Crippen LogP contribution in [0.5, 0.6) is 5.88 Å². The van der Waals surface area contributed by atoms with E-state index in [4.69, 9.17) is 4.74 Å². The van der Waals surface area contributed by atoms with Crippen molar-refractivity contribution < 1.29 is 27.5 Å². The number of hydrogen-bond donors (Lipinski definition) is 0. The Morgan fingerprint density at radius 2 is 2.00 bits per heavy atom. The standard InChI is InChI=1S/C15H16F3N3O3/c1-20-6-9(4-13(20)22)14(23)21-7-11(8-21)24-12-3-2-10(5-19-12)15(16,17)18/h2-3,5,9,11H,4,6-8H2,1H3. The Kier molecular flexibility index (Phi) is 4.10. The summed E-state index contributed by atoms with van der Waals surface area (Å²) in [7, 11) is 1.66. The SMILES string of the molecule is CN1CC(C(=O)N2CC(Oc3ccc(C(F)(F)F)cn3)C2)CC1=O. The minimum absolute atomic E-state index is 0.0457. The van der Waals surface area contributed by atoms with Crippen LogP contribution < -0.4 is 4.74 Å². The van der Waals surface area contributed by atoms with Gasteiger partial charge in [-0.2, -0.15) is 13.2 Å². The van der Waals surface area contributed by atoms with E-state index in [1.807, 2.05) is 0 Å². The fourth-order valence-corrected chi connectivity index (χ4v) is 2.77. The molecule has 0 bridgehead atoms. The number of ether oxygens (including phenoxy) is 1. The van der Waals surface area contributed by atoms with Gasteiger partial charge in [-0.05, 0) is 6.07 Å². The average Bonchev–Trinajstić information content (AvgIpc) is 2.81. The molecule has 24 heavy (non-hydrogen) atoms. The summed E-state index contributed by atoms with van der Waals surface area (Å²) in [5.74, 6) is -0.368. The smallest absolute Gasteiger partial charge is 0.417 e. The minimum atomic E-state index is -4.43. The first-order valence-electron chi connectivity index (χ1n) is 7.46. The number of nitrogens with zero attached hydrogens (tertiary/aromatic N) is 3. The molecule has 9 heteroatoms.